The fraction of sp³-hybridized carbons (Fsp3) is 0.150. The second-order valence-electron chi connectivity index (χ2n) is 5.84. The molecule has 0 spiro atoms. The normalized spacial score (nSPS) is 12.8. The molecule has 0 bridgehead atoms. The summed E-state index contributed by atoms with van der Waals surface area (Å²) in [7, 11) is 0. The molecule has 0 saturated carbocycles. The van der Waals surface area contributed by atoms with E-state index in [0.717, 1.165) is 26.5 Å². The molecule has 25 heavy (non-hydrogen) atoms. The van der Waals surface area contributed by atoms with Crippen LogP contribution in [0.1, 0.15) is 5.56 Å². The highest BCUT2D eigenvalue weighted by Gasteiger charge is 2.17. The monoisotopic (exact) mass is 397 g/mol. The molecule has 126 valence electrons. The number of hydrogen-bond acceptors (Lipinski definition) is 3. The van der Waals surface area contributed by atoms with E-state index in [4.69, 9.17) is 9.47 Å². The average molecular weight is 398 g/mol. The summed E-state index contributed by atoms with van der Waals surface area (Å²) in [6.07, 6.45) is 0.250. The number of benzene rings is 3. The second-order valence-corrected chi connectivity index (χ2v) is 6.69. The first-order chi connectivity index (χ1) is 12.2. The van der Waals surface area contributed by atoms with E-state index >= 15 is 0 Å². The van der Waals surface area contributed by atoms with Crippen LogP contribution >= 0.6 is 15.9 Å². The lowest BCUT2D eigenvalue weighted by Crippen LogP contribution is -2.17. The van der Waals surface area contributed by atoms with Gasteiger partial charge in [-0.05, 0) is 29.1 Å². The lowest BCUT2D eigenvalue weighted by Gasteiger charge is -2.20. The molecule has 4 nitrogen and oxygen atoms in total. The number of halogens is 1. The Labute approximate surface area is 153 Å². The van der Waals surface area contributed by atoms with Gasteiger partial charge in [-0.25, -0.2) is 0 Å². The Kier molecular flexibility index (Phi) is 4.32. The molecule has 3 aromatic carbocycles. The fourth-order valence-electron chi connectivity index (χ4n) is 2.94. The lowest BCUT2D eigenvalue weighted by atomic mass is 10.1. The Bertz CT molecular complexity index is 950. The number of nitrogens with one attached hydrogen (secondary N) is 1. The van der Waals surface area contributed by atoms with E-state index in [2.05, 4.69) is 21.2 Å². The highest BCUT2D eigenvalue weighted by Crippen LogP contribution is 2.36. The zero-order chi connectivity index (χ0) is 17.2. The highest BCUT2D eigenvalue weighted by atomic mass is 79.9. The molecule has 5 heteroatoms. The van der Waals surface area contributed by atoms with Crippen LogP contribution < -0.4 is 14.8 Å². The fourth-order valence-corrected chi connectivity index (χ4v) is 3.41. The third-order valence-electron chi connectivity index (χ3n) is 4.13. The van der Waals surface area contributed by atoms with E-state index in [0.29, 0.717) is 24.7 Å². The Morgan fingerprint density at radius 1 is 1.00 bits per heavy atom. The quantitative estimate of drug-likeness (QED) is 0.704. The van der Waals surface area contributed by atoms with E-state index in [-0.39, 0.29) is 12.3 Å². The molecule has 0 radical (unpaired) electrons. The topological polar surface area (TPSA) is 47.6 Å². The minimum atomic E-state index is -0.0752. The first kappa shape index (κ1) is 16.0. The molecular weight excluding hydrogens is 382 g/mol. The van der Waals surface area contributed by atoms with Crippen molar-refractivity contribution in [2.24, 2.45) is 0 Å². The summed E-state index contributed by atoms with van der Waals surface area (Å²) in [5.41, 5.74) is 1.68. The molecule has 0 atom stereocenters. The predicted octanol–water partition coefficient (Wildman–Crippen LogP) is 4.55. The molecular formula is C20H16BrNO3. The number of carbonyl (C=O) groups is 1. The summed E-state index contributed by atoms with van der Waals surface area (Å²) in [4.78, 5) is 12.5. The smallest absolute Gasteiger partial charge is 0.228 e. The number of carbonyl (C=O) groups excluding carboxylic acids is 1. The number of anilines is 1. The van der Waals surface area contributed by atoms with Crippen molar-refractivity contribution in [2.45, 2.75) is 6.42 Å². The van der Waals surface area contributed by atoms with Gasteiger partial charge in [0.2, 0.25) is 5.91 Å². The first-order valence-electron chi connectivity index (χ1n) is 8.06. The van der Waals surface area contributed by atoms with Crippen molar-refractivity contribution in [3.05, 3.63) is 64.6 Å². The second kappa shape index (κ2) is 6.76. The standard InChI is InChI=1S/C20H16BrNO3/c21-16-12-19-18(24-8-9-25-19)10-14(16)11-20(23)22-17-7-3-5-13-4-1-2-6-15(13)17/h1-7,10,12H,8-9,11H2,(H,22,23). The highest BCUT2D eigenvalue weighted by molar-refractivity contribution is 9.10. The van der Waals surface area contributed by atoms with Crippen molar-refractivity contribution in [1.29, 1.82) is 0 Å². The molecule has 0 aliphatic carbocycles. The molecule has 1 heterocycles. The van der Waals surface area contributed by atoms with E-state index in [9.17, 15) is 4.79 Å². The lowest BCUT2D eigenvalue weighted by molar-refractivity contribution is -0.115. The summed E-state index contributed by atoms with van der Waals surface area (Å²) < 4.78 is 12.0. The van der Waals surface area contributed by atoms with Crippen LogP contribution in [0.15, 0.2) is 59.1 Å². The zero-order valence-corrected chi connectivity index (χ0v) is 15.0. The van der Waals surface area contributed by atoms with Crippen LogP contribution in [0.4, 0.5) is 5.69 Å². The van der Waals surface area contributed by atoms with Gasteiger partial charge in [0.25, 0.3) is 0 Å². The maximum absolute atomic E-state index is 12.5. The minimum absolute atomic E-state index is 0.0752. The molecule has 0 aromatic heterocycles. The third kappa shape index (κ3) is 3.33. The van der Waals surface area contributed by atoms with Gasteiger partial charge in [-0.1, -0.05) is 52.3 Å². The zero-order valence-electron chi connectivity index (χ0n) is 13.4. The van der Waals surface area contributed by atoms with Crippen LogP contribution in [-0.2, 0) is 11.2 Å². The van der Waals surface area contributed by atoms with Crippen LogP contribution in [0.3, 0.4) is 0 Å². The molecule has 4 rings (SSSR count). The number of fused-ring (bicyclic) bond motifs is 2. The van der Waals surface area contributed by atoms with Gasteiger partial charge < -0.3 is 14.8 Å². The molecule has 3 aromatic rings. The minimum Gasteiger partial charge on any atom is -0.486 e. The van der Waals surface area contributed by atoms with Gasteiger partial charge in [-0.15, -0.1) is 0 Å². The van der Waals surface area contributed by atoms with Crippen molar-refractivity contribution >= 4 is 38.3 Å². The van der Waals surface area contributed by atoms with E-state index in [1.807, 2.05) is 54.6 Å². The molecule has 1 amide bonds. The maximum atomic E-state index is 12.5. The number of ether oxygens (including phenoxy) is 2. The molecule has 1 aliphatic rings. The van der Waals surface area contributed by atoms with Gasteiger partial charge in [-0.2, -0.15) is 0 Å². The average Bonchev–Trinajstić information content (AvgIpc) is 2.63. The van der Waals surface area contributed by atoms with Gasteiger partial charge in [0.05, 0.1) is 6.42 Å². The van der Waals surface area contributed by atoms with Crippen LogP contribution in [0.25, 0.3) is 10.8 Å². The SMILES string of the molecule is O=C(Cc1cc2c(cc1Br)OCCO2)Nc1cccc2ccccc12. The summed E-state index contributed by atoms with van der Waals surface area (Å²) >= 11 is 3.51. The first-order valence-corrected chi connectivity index (χ1v) is 8.85. The van der Waals surface area contributed by atoms with E-state index in [1.165, 1.54) is 0 Å². The number of rotatable bonds is 3. The summed E-state index contributed by atoms with van der Waals surface area (Å²) in [6, 6.07) is 17.6. The Balaban J connectivity index is 1.56. The Morgan fingerprint density at radius 3 is 2.56 bits per heavy atom. The Hall–Kier alpha value is -2.53. The van der Waals surface area contributed by atoms with Gasteiger partial charge in [-0.3, -0.25) is 4.79 Å². The molecule has 0 fully saturated rings. The van der Waals surface area contributed by atoms with Crippen molar-refractivity contribution < 1.29 is 14.3 Å². The molecule has 0 saturated heterocycles. The van der Waals surface area contributed by atoms with E-state index in [1.54, 1.807) is 0 Å². The van der Waals surface area contributed by atoms with Crippen molar-refractivity contribution in [1.82, 2.24) is 0 Å². The molecule has 0 unspecified atom stereocenters. The van der Waals surface area contributed by atoms with Crippen molar-refractivity contribution in [3.8, 4) is 11.5 Å². The summed E-state index contributed by atoms with van der Waals surface area (Å²) in [6.45, 7) is 1.07. The number of amides is 1. The van der Waals surface area contributed by atoms with Crippen LogP contribution in [0, 0.1) is 0 Å². The van der Waals surface area contributed by atoms with Crippen LogP contribution in [0.5, 0.6) is 11.5 Å². The van der Waals surface area contributed by atoms with Crippen LogP contribution in [0.2, 0.25) is 0 Å². The maximum Gasteiger partial charge on any atom is 0.228 e. The van der Waals surface area contributed by atoms with E-state index < -0.39 is 0 Å². The third-order valence-corrected chi connectivity index (χ3v) is 4.86. The Morgan fingerprint density at radius 2 is 1.72 bits per heavy atom. The van der Waals surface area contributed by atoms with Gasteiger partial charge >= 0.3 is 0 Å². The largest absolute Gasteiger partial charge is 0.486 e. The van der Waals surface area contributed by atoms with Gasteiger partial charge in [0, 0.05) is 15.5 Å². The predicted molar refractivity (Wildman–Crippen MR) is 101 cm³/mol. The summed E-state index contributed by atoms with van der Waals surface area (Å²) in [5.74, 6) is 1.31. The van der Waals surface area contributed by atoms with Gasteiger partial charge in [0.15, 0.2) is 11.5 Å². The van der Waals surface area contributed by atoms with Gasteiger partial charge in [0.1, 0.15) is 13.2 Å². The summed E-state index contributed by atoms with van der Waals surface area (Å²) in [5, 5.41) is 5.13. The number of hydrogen-bond donors (Lipinski definition) is 1. The molecule has 1 aliphatic heterocycles. The van der Waals surface area contributed by atoms with Crippen LogP contribution in [-0.4, -0.2) is 19.1 Å². The van der Waals surface area contributed by atoms with Crippen molar-refractivity contribution in [3.63, 3.8) is 0 Å². The van der Waals surface area contributed by atoms with Crippen molar-refractivity contribution in [2.75, 3.05) is 18.5 Å². The molecule has 1 N–H and O–H groups in total.